The molecule has 114 valence electrons. The van der Waals surface area contributed by atoms with Gasteiger partial charge in [0.15, 0.2) is 0 Å². The molecule has 0 unspecified atom stereocenters. The summed E-state index contributed by atoms with van der Waals surface area (Å²) in [5.41, 5.74) is 3.32. The maximum atomic E-state index is 12.0. The summed E-state index contributed by atoms with van der Waals surface area (Å²) in [7, 11) is 0. The van der Waals surface area contributed by atoms with Crippen molar-refractivity contribution >= 4 is 11.7 Å². The number of rotatable bonds is 4. The Kier molecular flexibility index (Phi) is 5.43. The van der Waals surface area contributed by atoms with Crippen molar-refractivity contribution in [3.8, 4) is 0 Å². The Morgan fingerprint density at radius 1 is 1.24 bits per heavy atom. The number of benzene rings is 1. The standard InChI is InChI=1S/C18H26N2O/c1-13(2)16-10-6-7-11-17(16)20-18(21)19-12-14(3)15-8-4-5-9-15/h6-7,10-13,15H,4-5,8-9H2,1-3H3,(H2,19,20,21)/b14-12+. The Hall–Kier alpha value is -1.77. The molecule has 0 atom stereocenters. The predicted molar refractivity (Wildman–Crippen MR) is 88.4 cm³/mol. The fraction of sp³-hybridized carbons (Fsp3) is 0.500. The maximum absolute atomic E-state index is 12.0. The van der Waals surface area contributed by atoms with Crippen LogP contribution in [0.25, 0.3) is 0 Å². The Balaban J connectivity index is 1.94. The van der Waals surface area contributed by atoms with E-state index in [-0.39, 0.29) is 6.03 Å². The van der Waals surface area contributed by atoms with E-state index in [9.17, 15) is 4.79 Å². The molecule has 3 heteroatoms. The second-order valence-electron chi connectivity index (χ2n) is 6.21. The zero-order valence-electron chi connectivity index (χ0n) is 13.3. The van der Waals surface area contributed by atoms with Crippen molar-refractivity contribution < 1.29 is 4.79 Å². The second-order valence-corrected chi connectivity index (χ2v) is 6.21. The molecule has 2 N–H and O–H groups in total. The van der Waals surface area contributed by atoms with Crippen molar-refractivity contribution in [1.29, 1.82) is 0 Å². The van der Waals surface area contributed by atoms with E-state index in [4.69, 9.17) is 0 Å². The van der Waals surface area contributed by atoms with Gasteiger partial charge in [-0.3, -0.25) is 0 Å². The van der Waals surface area contributed by atoms with Crippen LogP contribution >= 0.6 is 0 Å². The van der Waals surface area contributed by atoms with E-state index in [1.54, 1.807) is 0 Å². The Morgan fingerprint density at radius 3 is 2.57 bits per heavy atom. The highest BCUT2D eigenvalue weighted by atomic mass is 16.2. The van der Waals surface area contributed by atoms with Crippen LogP contribution in [-0.2, 0) is 0 Å². The summed E-state index contributed by atoms with van der Waals surface area (Å²) in [5, 5.41) is 5.81. The van der Waals surface area contributed by atoms with Crippen LogP contribution in [0.5, 0.6) is 0 Å². The van der Waals surface area contributed by atoms with E-state index in [1.807, 2.05) is 24.4 Å². The summed E-state index contributed by atoms with van der Waals surface area (Å²) in [6.45, 7) is 6.36. The average Bonchev–Trinajstić information content (AvgIpc) is 2.99. The minimum Gasteiger partial charge on any atom is -0.314 e. The smallest absolute Gasteiger partial charge is 0.314 e. The fourth-order valence-corrected chi connectivity index (χ4v) is 2.95. The fourth-order valence-electron chi connectivity index (χ4n) is 2.95. The molecule has 0 saturated heterocycles. The van der Waals surface area contributed by atoms with Gasteiger partial charge in [-0.25, -0.2) is 4.79 Å². The number of nitrogens with one attached hydrogen (secondary N) is 2. The van der Waals surface area contributed by atoms with Crippen molar-refractivity contribution in [2.75, 3.05) is 5.32 Å². The maximum Gasteiger partial charge on any atom is 0.323 e. The molecule has 1 aliphatic rings. The quantitative estimate of drug-likeness (QED) is 0.801. The summed E-state index contributed by atoms with van der Waals surface area (Å²) in [6, 6.07) is 7.78. The molecule has 0 spiro atoms. The average molecular weight is 286 g/mol. The van der Waals surface area contributed by atoms with Gasteiger partial charge in [-0.15, -0.1) is 0 Å². The van der Waals surface area contributed by atoms with E-state index in [2.05, 4.69) is 37.5 Å². The number of anilines is 1. The van der Waals surface area contributed by atoms with Crippen LogP contribution in [0.2, 0.25) is 0 Å². The molecule has 1 aromatic carbocycles. The first kappa shape index (κ1) is 15.6. The Labute approximate surface area is 127 Å². The van der Waals surface area contributed by atoms with Crippen LogP contribution < -0.4 is 10.6 Å². The third-order valence-electron chi connectivity index (χ3n) is 4.26. The number of carbonyl (C=O) groups is 1. The summed E-state index contributed by atoms with van der Waals surface area (Å²) < 4.78 is 0. The minimum atomic E-state index is -0.166. The van der Waals surface area contributed by atoms with Crippen LogP contribution in [0.15, 0.2) is 36.0 Å². The van der Waals surface area contributed by atoms with Gasteiger partial charge in [-0.05, 0) is 43.2 Å². The van der Waals surface area contributed by atoms with Crippen molar-refractivity contribution in [3.63, 3.8) is 0 Å². The molecule has 3 nitrogen and oxygen atoms in total. The van der Waals surface area contributed by atoms with Crippen molar-refractivity contribution in [1.82, 2.24) is 5.32 Å². The molecule has 0 heterocycles. The first-order valence-electron chi connectivity index (χ1n) is 7.91. The monoisotopic (exact) mass is 286 g/mol. The highest BCUT2D eigenvalue weighted by Gasteiger charge is 2.16. The SMILES string of the molecule is C/C(=C\NC(=O)Nc1ccccc1C(C)C)C1CCCC1. The highest BCUT2D eigenvalue weighted by Crippen LogP contribution is 2.30. The van der Waals surface area contributed by atoms with Crippen molar-refractivity contribution in [2.24, 2.45) is 5.92 Å². The molecule has 21 heavy (non-hydrogen) atoms. The molecule has 1 saturated carbocycles. The third kappa shape index (κ3) is 4.35. The second kappa shape index (κ2) is 7.30. The van der Waals surface area contributed by atoms with Gasteiger partial charge in [0.1, 0.15) is 0 Å². The van der Waals surface area contributed by atoms with Crippen molar-refractivity contribution in [3.05, 3.63) is 41.6 Å². The molecule has 2 amide bonds. The largest absolute Gasteiger partial charge is 0.323 e. The Morgan fingerprint density at radius 2 is 1.90 bits per heavy atom. The van der Waals surface area contributed by atoms with Crippen LogP contribution in [-0.4, -0.2) is 6.03 Å². The zero-order chi connectivity index (χ0) is 15.2. The molecule has 0 bridgehead atoms. The van der Waals surface area contributed by atoms with E-state index in [0.717, 1.165) is 11.3 Å². The molecule has 0 aromatic heterocycles. The Bertz CT molecular complexity index is 514. The molecule has 1 aliphatic carbocycles. The molecule has 1 aromatic rings. The van der Waals surface area contributed by atoms with Gasteiger partial charge in [0.05, 0.1) is 0 Å². The van der Waals surface area contributed by atoms with Crippen molar-refractivity contribution in [2.45, 2.75) is 52.4 Å². The van der Waals surface area contributed by atoms with Gasteiger partial charge in [0.2, 0.25) is 0 Å². The van der Waals surface area contributed by atoms with E-state index < -0.39 is 0 Å². The van der Waals surface area contributed by atoms with Gasteiger partial charge < -0.3 is 10.6 Å². The first-order chi connectivity index (χ1) is 10.1. The van der Waals surface area contributed by atoms with Gasteiger partial charge in [-0.1, -0.05) is 50.5 Å². The van der Waals surface area contributed by atoms with Crippen LogP contribution in [0.4, 0.5) is 10.5 Å². The predicted octanol–water partition coefficient (Wildman–Crippen LogP) is 5.03. The third-order valence-corrected chi connectivity index (χ3v) is 4.26. The van der Waals surface area contributed by atoms with E-state index in [1.165, 1.54) is 31.3 Å². The van der Waals surface area contributed by atoms with Crippen LogP contribution in [0.3, 0.4) is 0 Å². The minimum absolute atomic E-state index is 0.166. The summed E-state index contributed by atoms with van der Waals surface area (Å²) in [6.07, 6.45) is 6.99. The summed E-state index contributed by atoms with van der Waals surface area (Å²) >= 11 is 0. The number of hydrogen-bond donors (Lipinski definition) is 2. The van der Waals surface area contributed by atoms with E-state index in [0.29, 0.717) is 11.8 Å². The number of hydrogen-bond acceptors (Lipinski definition) is 1. The lowest BCUT2D eigenvalue weighted by atomic mass is 10.0. The number of para-hydroxylation sites is 1. The molecule has 1 fully saturated rings. The lowest BCUT2D eigenvalue weighted by Crippen LogP contribution is -2.25. The molecular formula is C18H26N2O. The van der Waals surface area contributed by atoms with E-state index >= 15 is 0 Å². The van der Waals surface area contributed by atoms with Crippen LogP contribution in [0, 0.1) is 5.92 Å². The number of allylic oxidation sites excluding steroid dienone is 1. The van der Waals surface area contributed by atoms with Crippen LogP contribution in [0.1, 0.15) is 57.9 Å². The summed E-state index contributed by atoms with van der Waals surface area (Å²) in [4.78, 5) is 12.0. The lowest BCUT2D eigenvalue weighted by Gasteiger charge is -2.14. The lowest BCUT2D eigenvalue weighted by molar-refractivity contribution is 0.255. The first-order valence-corrected chi connectivity index (χ1v) is 7.91. The van der Waals surface area contributed by atoms with Gasteiger partial charge in [0.25, 0.3) is 0 Å². The molecule has 0 aliphatic heterocycles. The number of urea groups is 1. The summed E-state index contributed by atoms with van der Waals surface area (Å²) in [5.74, 6) is 1.03. The molecule has 0 radical (unpaired) electrons. The molecule has 2 rings (SSSR count). The van der Waals surface area contributed by atoms with Gasteiger partial charge in [-0.2, -0.15) is 0 Å². The highest BCUT2D eigenvalue weighted by molar-refractivity contribution is 5.90. The van der Waals surface area contributed by atoms with Gasteiger partial charge in [0, 0.05) is 11.9 Å². The zero-order valence-corrected chi connectivity index (χ0v) is 13.3. The number of carbonyl (C=O) groups excluding carboxylic acids is 1. The topological polar surface area (TPSA) is 41.1 Å². The normalized spacial score (nSPS) is 16.3. The van der Waals surface area contributed by atoms with Gasteiger partial charge >= 0.3 is 6.03 Å². The number of amides is 2. The molecular weight excluding hydrogens is 260 g/mol.